The first-order valence-corrected chi connectivity index (χ1v) is 14.3. The summed E-state index contributed by atoms with van der Waals surface area (Å²) in [6.07, 6.45) is 2.18. The molecule has 0 aromatic heterocycles. The maximum absolute atomic E-state index is 13.3. The highest BCUT2D eigenvalue weighted by atomic mass is 32.2. The monoisotopic (exact) mass is 505 g/mol. The van der Waals surface area contributed by atoms with Crippen LogP contribution in [0.2, 0.25) is 0 Å². The smallest absolute Gasteiger partial charge is 0.411 e. The molecule has 0 bridgehead atoms. The molecule has 0 spiro atoms. The second-order valence-corrected chi connectivity index (χ2v) is 13.0. The van der Waals surface area contributed by atoms with E-state index in [4.69, 9.17) is 4.74 Å². The minimum absolute atomic E-state index is 0.166. The molecule has 0 aliphatic carbocycles. The molecular formula is C30H35NO4S. The summed E-state index contributed by atoms with van der Waals surface area (Å²) in [6.45, 7) is 6.02. The van der Waals surface area contributed by atoms with Crippen LogP contribution in [-0.4, -0.2) is 44.6 Å². The zero-order valence-corrected chi connectivity index (χ0v) is 22.3. The van der Waals surface area contributed by atoms with Gasteiger partial charge in [-0.25, -0.2) is 4.79 Å². The molecule has 1 heterocycles. The summed E-state index contributed by atoms with van der Waals surface area (Å²) in [4.78, 5) is 15.8. The molecule has 36 heavy (non-hydrogen) atoms. The van der Waals surface area contributed by atoms with Gasteiger partial charge in [0.25, 0.3) is 0 Å². The lowest BCUT2D eigenvalue weighted by Crippen LogP contribution is -2.51. The van der Waals surface area contributed by atoms with Crippen molar-refractivity contribution in [3.8, 4) is 11.1 Å². The normalized spacial score (nSPS) is 20.9. The van der Waals surface area contributed by atoms with Gasteiger partial charge in [-0.2, -0.15) is 0 Å². The molecular weight excluding hydrogens is 470 g/mol. The first-order valence-electron chi connectivity index (χ1n) is 12.2. The van der Waals surface area contributed by atoms with E-state index in [1.165, 1.54) is 0 Å². The number of hydrogen-bond acceptors (Lipinski definition) is 4. The van der Waals surface area contributed by atoms with Crippen molar-refractivity contribution < 1.29 is 18.8 Å². The van der Waals surface area contributed by atoms with Crippen molar-refractivity contribution in [2.24, 2.45) is 0 Å². The molecule has 3 aromatic rings. The van der Waals surface area contributed by atoms with Gasteiger partial charge in [-0.1, -0.05) is 66.7 Å². The molecule has 0 radical (unpaired) electrons. The van der Waals surface area contributed by atoms with E-state index in [2.05, 4.69) is 5.87 Å². The molecule has 1 N–H and O–H groups in total. The van der Waals surface area contributed by atoms with Gasteiger partial charge < -0.3 is 14.7 Å². The molecule has 0 saturated carbocycles. The summed E-state index contributed by atoms with van der Waals surface area (Å²) in [5.41, 5.74) is 2.13. The van der Waals surface area contributed by atoms with E-state index in [1.54, 1.807) is 25.0 Å². The number of hydrogen-bond donors (Lipinski definition) is 1. The number of carbonyl (C=O) groups is 1. The summed E-state index contributed by atoms with van der Waals surface area (Å²) in [7, 11) is -2.24. The van der Waals surface area contributed by atoms with E-state index in [9.17, 15) is 14.1 Å². The molecule has 190 valence electrons. The number of benzene rings is 3. The fourth-order valence-corrected chi connectivity index (χ4v) is 5.67. The van der Waals surface area contributed by atoms with Crippen LogP contribution in [0.3, 0.4) is 0 Å². The highest BCUT2D eigenvalue weighted by Crippen LogP contribution is 2.42. The molecule has 3 aromatic carbocycles. The van der Waals surface area contributed by atoms with Crippen LogP contribution in [0.5, 0.6) is 0 Å². The third-order valence-corrected chi connectivity index (χ3v) is 8.11. The topological polar surface area (TPSA) is 66.8 Å². The standard InChI is InChI=1S/C30H35NO4S/c1-22(23-11-13-24(14-12-23)25-15-17-27(18-16-25)36(4,5)34)31-20-19-30(35-28(31)32,21-29(2,3)33)26-9-7-6-8-10-26/h6-18,22,33H,4,19-21H2,1-3,5H3/t22-,30-,36?/m0/s1. The Morgan fingerprint density at radius 1 is 1.03 bits per heavy atom. The summed E-state index contributed by atoms with van der Waals surface area (Å²) in [5.74, 6) is 3.74. The molecule has 1 unspecified atom stereocenters. The average Bonchev–Trinajstić information content (AvgIpc) is 2.83. The Bertz CT molecular complexity index is 1310. The van der Waals surface area contributed by atoms with Gasteiger partial charge in [0.05, 0.1) is 11.6 Å². The molecule has 1 fully saturated rings. The van der Waals surface area contributed by atoms with E-state index in [-0.39, 0.29) is 12.1 Å². The Labute approximate surface area is 214 Å². The Morgan fingerprint density at radius 3 is 2.08 bits per heavy atom. The van der Waals surface area contributed by atoms with Crippen LogP contribution in [0.15, 0.2) is 83.8 Å². The first kappa shape index (κ1) is 26.0. The lowest BCUT2D eigenvalue weighted by molar-refractivity contribution is -0.101. The van der Waals surface area contributed by atoms with Crippen molar-refractivity contribution >= 4 is 21.5 Å². The summed E-state index contributed by atoms with van der Waals surface area (Å²) in [5, 5.41) is 10.6. The number of nitrogens with zero attached hydrogens (tertiary/aromatic N) is 1. The number of aliphatic hydroxyl groups is 1. The molecule has 4 rings (SSSR count). The van der Waals surface area contributed by atoms with Crippen LogP contribution >= 0.6 is 0 Å². The Hall–Kier alpha value is -3.09. The molecule has 3 atom stereocenters. The van der Waals surface area contributed by atoms with Crippen molar-refractivity contribution in [3.05, 3.63) is 90.0 Å². The quantitative estimate of drug-likeness (QED) is 0.399. The van der Waals surface area contributed by atoms with E-state index in [0.717, 1.165) is 27.1 Å². The maximum atomic E-state index is 13.3. The van der Waals surface area contributed by atoms with Gasteiger partial charge in [0, 0.05) is 30.5 Å². The molecule has 6 heteroatoms. The lowest BCUT2D eigenvalue weighted by Gasteiger charge is -2.45. The van der Waals surface area contributed by atoms with Crippen LogP contribution in [0.4, 0.5) is 4.79 Å². The lowest BCUT2D eigenvalue weighted by atomic mass is 9.80. The number of rotatable bonds is 7. The Balaban J connectivity index is 1.51. The average molecular weight is 506 g/mol. The summed E-state index contributed by atoms with van der Waals surface area (Å²) < 4.78 is 18.3. The zero-order chi connectivity index (χ0) is 26.1. The number of amides is 1. The van der Waals surface area contributed by atoms with Crippen molar-refractivity contribution in [2.75, 3.05) is 12.8 Å². The van der Waals surface area contributed by atoms with E-state index in [0.29, 0.717) is 19.4 Å². The van der Waals surface area contributed by atoms with Gasteiger partial charge in [0.2, 0.25) is 0 Å². The van der Waals surface area contributed by atoms with Crippen molar-refractivity contribution in [1.29, 1.82) is 0 Å². The van der Waals surface area contributed by atoms with Gasteiger partial charge in [0.1, 0.15) is 5.60 Å². The Kier molecular flexibility index (Phi) is 7.04. The van der Waals surface area contributed by atoms with Crippen molar-refractivity contribution in [2.45, 2.75) is 55.8 Å². The third-order valence-electron chi connectivity index (χ3n) is 6.84. The number of ether oxygens (including phenoxy) is 1. The van der Waals surface area contributed by atoms with Gasteiger partial charge >= 0.3 is 6.09 Å². The highest BCUT2D eigenvalue weighted by Gasteiger charge is 2.46. The van der Waals surface area contributed by atoms with Gasteiger partial charge in [-0.05, 0) is 70.5 Å². The minimum Gasteiger partial charge on any atom is -0.438 e. The summed E-state index contributed by atoms with van der Waals surface area (Å²) in [6, 6.07) is 25.3. The van der Waals surface area contributed by atoms with Crippen LogP contribution in [0, 0.1) is 0 Å². The largest absolute Gasteiger partial charge is 0.438 e. The van der Waals surface area contributed by atoms with Gasteiger partial charge in [0.15, 0.2) is 0 Å². The SMILES string of the molecule is C=S(C)(=O)c1ccc(-c2ccc([C@H](C)N3CC[C@](CC(C)(C)O)(c4ccccc4)OC3=O)cc2)cc1. The molecule has 1 saturated heterocycles. The van der Waals surface area contributed by atoms with Crippen LogP contribution in [-0.2, 0) is 19.9 Å². The highest BCUT2D eigenvalue weighted by molar-refractivity contribution is 7.99. The first-order chi connectivity index (χ1) is 16.9. The second kappa shape index (κ2) is 9.75. The number of cyclic esters (lactones) is 1. The predicted octanol–water partition coefficient (Wildman–Crippen LogP) is 6.02. The molecule has 5 nitrogen and oxygen atoms in total. The van der Waals surface area contributed by atoms with Crippen molar-refractivity contribution in [3.63, 3.8) is 0 Å². The molecule has 1 aliphatic rings. The van der Waals surface area contributed by atoms with Crippen LogP contribution in [0.1, 0.15) is 50.8 Å². The van der Waals surface area contributed by atoms with E-state index >= 15 is 0 Å². The van der Waals surface area contributed by atoms with Gasteiger partial charge in [-0.15, -0.1) is 0 Å². The van der Waals surface area contributed by atoms with Crippen molar-refractivity contribution in [1.82, 2.24) is 4.90 Å². The fourth-order valence-electron chi connectivity index (χ4n) is 4.96. The van der Waals surface area contributed by atoms with Crippen LogP contribution in [0.25, 0.3) is 11.1 Å². The van der Waals surface area contributed by atoms with Crippen LogP contribution < -0.4 is 0 Å². The fraction of sp³-hybridized carbons (Fsp3) is 0.333. The summed E-state index contributed by atoms with van der Waals surface area (Å²) >= 11 is 0. The van der Waals surface area contributed by atoms with E-state index < -0.39 is 20.7 Å². The molecule has 1 aliphatic heterocycles. The predicted molar refractivity (Wildman–Crippen MR) is 147 cm³/mol. The zero-order valence-electron chi connectivity index (χ0n) is 21.4. The van der Waals surface area contributed by atoms with E-state index in [1.807, 2.05) is 85.8 Å². The second-order valence-electron chi connectivity index (χ2n) is 10.5. The maximum Gasteiger partial charge on any atom is 0.411 e. The Morgan fingerprint density at radius 2 is 1.58 bits per heavy atom. The molecule has 1 amide bonds. The third kappa shape index (κ3) is 5.66. The number of carbonyl (C=O) groups excluding carboxylic acids is 1. The van der Waals surface area contributed by atoms with Gasteiger partial charge in [-0.3, -0.25) is 4.21 Å². The minimum atomic E-state index is -2.24.